The maximum absolute atomic E-state index is 11.5. The third-order valence-corrected chi connectivity index (χ3v) is 4.48. The lowest BCUT2D eigenvalue weighted by Gasteiger charge is -2.38. The summed E-state index contributed by atoms with van der Waals surface area (Å²) in [6.45, 7) is 1.26. The van der Waals surface area contributed by atoms with Crippen LogP contribution in [0.1, 0.15) is 17.7 Å². The van der Waals surface area contributed by atoms with E-state index in [0.29, 0.717) is 18.9 Å². The maximum atomic E-state index is 11.5. The van der Waals surface area contributed by atoms with Crippen molar-refractivity contribution < 1.29 is 9.53 Å². The number of amides is 1. The molecule has 0 atom stereocenters. The van der Waals surface area contributed by atoms with Gasteiger partial charge in [-0.1, -0.05) is 6.07 Å². The van der Waals surface area contributed by atoms with Gasteiger partial charge in [-0.3, -0.25) is 4.98 Å². The van der Waals surface area contributed by atoms with Crippen molar-refractivity contribution in [2.24, 2.45) is 0 Å². The lowest BCUT2D eigenvalue weighted by Crippen LogP contribution is -2.57. The zero-order valence-corrected chi connectivity index (χ0v) is 13.5. The van der Waals surface area contributed by atoms with Crippen LogP contribution in [0, 0.1) is 0 Å². The number of carbonyl (C=O) groups is 1. The summed E-state index contributed by atoms with van der Waals surface area (Å²) in [4.78, 5) is 26.9. The lowest BCUT2D eigenvalue weighted by molar-refractivity contribution is 0.0929. The van der Waals surface area contributed by atoms with E-state index >= 15 is 0 Å². The van der Waals surface area contributed by atoms with Gasteiger partial charge < -0.3 is 15.0 Å². The van der Waals surface area contributed by atoms with Gasteiger partial charge >= 0.3 is 6.09 Å². The molecule has 3 heterocycles. The van der Waals surface area contributed by atoms with E-state index < -0.39 is 0 Å². The fourth-order valence-electron chi connectivity index (χ4n) is 3.20. The highest BCUT2D eigenvalue weighted by Crippen LogP contribution is 2.29. The van der Waals surface area contributed by atoms with Gasteiger partial charge in [-0.15, -0.1) is 0 Å². The van der Waals surface area contributed by atoms with Crippen molar-refractivity contribution in [2.75, 3.05) is 25.5 Å². The Hall–Kier alpha value is -2.70. The number of carbonyl (C=O) groups excluding carboxylic acids is 1. The highest BCUT2D eigenvalue weighted by molar-refractivity contribution is 5.69. The Morgan fingerprint density at radius 2 is 2.17 bits per heavy atom. The van der Waals surface area contributed by atoms with Crippen LogP contribution in [-0.2, 0) is 17.6 Å². The largest absolute Gasteiger partial charge is 0.453 e. The number of anilines is 1. The first-order valence-electron chi connectivity index (χ1n) is 8.15. The van der Waals surface area contributed by atoms with Gasteiger partial charge in [-0.05, 0) is 31.4 Å². The quantitative estimate of drug-likeness (QED) is 0.928. The molecule has 2 aromatic heterocycles. The third kappa shape index (κ3) is 2.66. The molecule has 0 bridgehead atoms. The molecule has 0 saturated carbocycles. The first kappa shape index (κ1) is 14.9. The van der Waals surface area contributed by atoms with Crippen LogP contribution in [0.25, 0.3) is 11.5 Å². The van der Waals surface area contributed by atoms with Crippen molar-refractivity contribution in [3.8, 4) is 11.5 Å². The summed E-state index contributed by atoms with van der Waals surface area (Å²) >= 11 is 0. The summed E-state index contributed by atoms with van der Waals surface area (Å²) in [6, 6.07) is 5.93. The zero-order chi connectivity index (χ0) is 16.5. The van der Waals surface area contributed by atoms with Gasteiger partial charge in [0, 0.05) is 30.5 Å². The first-order chi connectivity index (χ1) is 11.7. The molecule has 2 aromatic rings. The number of hydrogen-bond donors (Lipinski definition) is 1. The summed E-state index contributed by atoms with van der Waals surface area (Å²) in [7, 11) is 1.40. The fraction of sp³-hybridized carbons (Fsp3) is 0.412. The monoisotopic (exact) mass is 325 g/mol. The minimum Gasteiger partial charge on any atom is -0.453 e. The molecule has 1 saturated heterocycles. The average molecular weight is 325 g/mol. The molecule has 1 aliphatic carbocycles. The molecule has 124 valence electrons. The SMILES string of the molecule is COC(=O)N1CC(Nc2nc(-c3ccccn3)nc3c2CCC3)C1. The lowest BCUT2D eigenvalue weighted by atomic mass is 10.1. The van der Waals surface area contributed by atoms with Gasteiger partial charge in [-0.25, -0.2) is 14.8 Å². The Bertz CT molecular complexity index is 759. The number of fused-ring (bicyclic) bond motifs is 1. The van der Waals surface area contributed by atoms with Crippen molar-refractivity contribution in [2.45, 2.75) is 25.3 Å². The average Bonchev–Trinajstić information content (AvgIpc) is 3.06. The predicted molar refractivity (Wildman–Crippen MR) is 88.7 cm³/mol. The number of pyridine rings is 1. The molecule has 1 aliphatic heterocycles. The molecule has 0 unspecified atom stereocenters. The standard InChI is InChI=1S/C17H19N5O2/c1-24-17(23)22-9-11(10-22)19-15-12-5-4-7-13(12)20-16(21-15)14-6-2-3-8-18-14/h2-3,6,8,11H,4-5,7,9-10H2,1H3,(H,19,20,21). The molecule has 1 amide bonds. The molecule has 1 fully saturated rings. The molecule has 7 heteroatoms. The van der Waals surface area contributed by atoms with Crippen LogP contribution in [0.2, 0.25) is 0 Å². The molecule has 4 rings (SSSR count). The minimum absolute atomic E-state index is 0.195. The van der Waals surface area contributed by atoms with Crippen LogP contribution in [0.3, 0.4) is 0 Å². The molecular formula is C17H19N5O2. The second-order valence-electron chi connectivity index (χ2n) is 6.11. The Kier molecular flexibility index (Phi) is 3.76. The second kappa shape index (κ2) is 6.07. The van der Waals surface area contributed by atoms with Crippen molar-refractivity contribution in [3.63, 3.8) is 0 Å². The van der Waals surface area contributed by atoms with E-state index in [1.165, 1.54) is 12.7 Å². The summed E-state index contributed by atoms with van der Waals surface area (Å²) in [5.74, 6) is 1.54. The number of ether oxygens (including phenoxy) is 1. The molecule has 24 heavy (non-hydrogen) atoms. The molecule has 0 radical (unpaired) electrons. The van der Waals surface area contributed by atoms with Crippen LogP contribution in [0.4, 0.5) is 10.6 Å². The summed E-state index contributed by atoms with van der Waals surface area (Å²) in [6.07, 6.45) is 4.54. The van der Waals surface area contributed by atoms with E-state index in [2.05, 4.69) is 10.3 Å². The summed E-state index contributed by atoms with van der Waals surface area (Å²) in [5.41, 5.74) is 3.09. The van der Waals surface area contributed by atoms with Crippen LogP contribution in [0.5, 0.6) is 0 Å². The minimum atomic E-state index is -0.282. The third-order valence-electron chi connectivity index (χ3n) is 4.48. The Balaban J connectivity index is 1.57. The second-order valence-corrected chi connectivity index (χ2v) is 6.11. The van der Waals surface area contributed by atoms with Gasteiger partial charge in [-0.2, -0.15) is 0 Å². The number of likely N-dealkylation sites (tertiary alicyclic amines) is 1. The maximum Gasteiger partial charge on any atom is 0.409 e. The van der Waals surface area contributed by atoms with Crippen molar-refractivity contribution in [1.29, 1.82) is 0 Å². The van der Waals surface area contributed by atoms with E-state index in [9.17, 15) is 4.79 Å². The molecule has 7 nitrogen and oxygen atoms in total. The highest BCUT2D eigenvalue weighted by atomic mass is 16.5. The summed E-state index contributed by atoms with van der Waals surface area (Å²) < 4.78 is 4.73. The number of aromatic nitrogens is 3. The van der Waals surface area contributed by atoms with Crippen LogP contribution < -0.4 is 5.32 Å². The van der Waals surface area contributed by atoms with Crippen molar-refractivity contribution in [3.05, 3.63) is 35.7 Å². The smallest absolute Gasteiger partial charge is 0.409 e. The number of aryl methyl sites for hydroxylation is 1. The topological polar surface area (TPSA) is 80.2 Å². The number of rotatable bonds is 3. The van der Waals surface area contributed by atoms with Gasteiger partial charge in [0.05, 0.1) is 13.2 Å². The van der Waals surface area contributed by atoms with E-state index in [-0.39, 0.29) is 12.1 Å². The van der Waals surface area contributed by atoms with Gasteiger partial charge in [0.25, 0.3) is 0 Å². The zero-order valence-electron chi connectivity index (χ0n) is 13.5. The van der Waals surface area contributed by atoms with Gasteiger partial charge in [0.2, 0.25) is 0 Å². The molecule has 2 aliphatic rings. The van der Waals surface area contributed by atoms with Crippen molar-refractivity contribution >= 4 is 11.9 Å². The Labute approximate surface area is 140 Å². The fourth-order valence-corrected chi connectivity index (χ4v) is 3.20. The Morgan fingerprint density at radius 3 is 2.92 bits per heavy atom. The van der Waals surface area contributed by atoms with E-state index in [0.717, 1.165) is 36.5 Å². The number of methoxy groups -OCH3 is 1. The van der Waals surface area contributed by atoms with Gasteiger partial charge in [0.15, 0.2) is 5.82 Å². The number of nitrogens with zero attached hydrogens (tertiary/aromatic N) is 4. The first-order valence-corrected chi connectivity index (χ1v) is 8.15. The molecular weight excluding hydrogens is 306 g/mol. The van der Waals surface area contributed by atoms with Crippen LogP contribution >= 0.6 is 0 Å². The van der Waals surface area contributed by atoms with E-state index in [1.807, 2.05) is 18.2 Å². The van der Waals surface area contributed by atoms with Gasteiger partial charge in [0.1, 0.15) is 11.5 Å². The normalized spacial score (nSPS) is 16.5. The Morgan fingerprint density at radius 1 is 1.29 bits per heavy atom. The van der Waals surface area contributed by atoms with E-state index in [1.54, 1.807) is 11.1 Å². The highest BCUT2D eigenvalue weighted by Gasteiger charge is 2.32. The number of hydrogen-bond acceptors (Lipinski definition) is 6. The molecule has 0 spiro atoms. The molecule has 0 aromatic carbocycles. The molecule has 1 N–H and O–H groups in total. The van der Waals surface area contributed by atoms with E-state index in [4.69, 9.17) is 14.7 Å². The van der Waals surface area contributed by atoms with Crippen LogP contribution in [0.15, 0.2) is 24.4 Å². The van der Waals surface area contributed by atoms with Crippen molar-refractivity contribution in [1.82, 2.24) is 19.9 Å². The predicted octanol–water partition coefficient (Wildman–Crippen LogP) is 1.89. The number of nitrogens with one attached hydrogen (secondary N) is 1. The summed E-state index contributed by atoms with van der Waals surface area (Å²) in [5, 5.41) is 3.47. The van der Waals surface area contributed by atoms with Crippen LogP contribution in [-0.4, -0.2) is 52.2 Å².